The third kappa shape index (κ3) is 6.95. The Morgan fingerprint density at radius 2 is 1.69 bits per heavy atom. The smallest absolute Gasteiger partial charge is 0.246 e. The van der Waals surface area contributed by atoms with Gasteiger partial charge in [-0.2, -0.15) is 0 Å². The van der Waals surface area contributed by atoms with Gasteiger partial charge in [0.2, 0.25) is 11.8 Å². The molecule has 7 heteroatoms. The van der Waals surface area contributed by atoms with Gasteiger partial charge in [-0.3, -0.25) is 9.59 Å². The summed E-state index contributed by atoms with van der Waals surface area (Å²) in [6, 6.07) is 10.9. The van der Waals surface area contributed by atoms with Gasteiger partial charge in [0, 0.05) is 24.9 Å². The molecule has 2 amide bonds. The molecule has 0 bridgehead atoms. The Morgan fingerprint density at radius 1 is 1.03 bits per heavy atom. The normalized spacial score (nSPS) is 10.6. The molecule has 0 heterocycles. The van der Waals surface area contributed by atoms with Gasteiger partial charge >= 0.3 is 0 Å². The number of hydrogen-bond acceptors (Lipinski definition) is 4. The van der Waals surface area contributed by atoms with Crippen molar-refractivity contribution in [3.63, 3.8) is 0 Å². The number of nitrogens with one attached hydrogen (secondary N) is 1. The number of amides is 2. The lowest BCUT2D eigenvalue weighted by atomic mass is 10.2. The van der Waals surface area contributed by atoms with Gasteiger partial charge < -0.3 is 19.7 Å². The minimum absolute atomic E-state index is 0.121. The molecule has 0 aliphatic carbocycles. The number of likely N-dealkylation sites (N-methyl/N-ethyl adjacent to an activating group) is 1. The highest BCUT2D eigenvalue weighted by Crippen LogP contribution is 2.30. The summed E-state index contributed by atoms with van der Waals surface area (Å²) in [5.74, 6) is 0.113. The fraction of sp³-hybridized carbons (Fsp3) is 0.273. The number of hydrogen-bond donors (Lipinski definition) is 1. The van der Waals surface area contributed by atoms with Crippen LogP contribution in [-0.2, 0) is 9.59 Å². The van der Waals surface area contributed by atoms with E-state index in [1.54, 1.807) is 36.4 Å². The first kappa shape index (κ1) is 21.9. The van der Waals surface area contributed by atoms with E-state index in [0.717, 1.165) is 0 Å². The average Bonchev–Trinajstić information content (AvgIpc) is 2.69. The molecule has 0 atom stereocenters. The van der Waals surface area contributed by atoms with E-state index in [2.05, 4.69) is 5.32 Å². The Bertz CT molecular complexity index is 866. The quantitative estimate of drug-likeness (QED) is 0.652. The highest BCUT2D eigenvalue weighted by Gasteiger charge is 2.12. The summed E-state index contributed by atoms with van der Waals surface area (Å²) in [6.45, 7) is 4.59. The van der Waals surface area contributed by atoms with Crippen molar-refractivity contribution in [3.05, 3.63) is 59.9 Å². The number of halogens is 1. The monoisotopic (exact) mass is 400 g/mol. The summed E-state index contributed by atoms with van der Waals surface area (Å²) in [4.78, 5) is 25.7. The van der Waals surface area contributed by atoms with Crippen LogP contribution in [0.4, 0.5) is 10.1 Å². The zero-order valence-corrected chi connectivity index (χ0v) is 16.8. The molecule has 2 aromatic carbocycles. The van der Waals surface area contributed by atoms with Gasteiger partial charge in [0.15, 0.2) is 11.5 Å². The molecule has 0 saturated heterocycles. The first-order chi connectivity index (χ1) is 13.9. The fourth-order valence-corrected chi connectivity index (χ4v) is 2.49. The molecule has 0 aromatic heterocycles. The van der Waals surface area contributed by atoms with Crippen molar-refractivity contribution in [2.45, 2.75) is 13.8 Å². The van der Waals surface area contributed by atoms with E-state index in [-0.39, 0.29) is 24.2 Å². The highest BCUT2D eigenvalue weighted by atomic mass is 19.1. The van der Waals surface area contributed by atoms with Crippen molar-refractivity contribution >= 4 is 23.6 Å². The van der Waals surface area contributed by atoms with Crippen LogP contribution in [0.3, 0.4) is 0 Å². The topological polar surface area (TPSA) is 67.9 Å². The van der Waals surface area contributed by atoms with Gasteiger partial charge in [-0.25, -0.2) is 4.39 Å². The Balaban J connectivity index is 1.94. The van der Waals surface area contributed by atoms with Gasteiger partial charge in [-0.15, -0.1) is 0 Å². The first-order valence-corrected chi connectivity index (χ1v) is 9.31. The predicted molar refractivity (Wildman–Crippen MR) is 110 cm³/mol. The van der Waals surface area contributed by atoms with E-state index in [1.165, 1.54) is 30.2 Å². The molecule has 2 aromatic rings. The van der Waals surface area contributed by atoms with Gasteiger partial charge in [-0.05, 0) is 49.8 Å². The van der Waals surface area contributed by atoms with E-state index >= 15 is 0 Å². The second kappa shape index (κ2) is 10.8. The van der Waals surface area contributed by atoms with Crippen molar-refractivity contribution in [1.29, 1.82) is 0 Å². The van der Waals surface area contributed by atoms with Gasteiger partial charge in [0.1, 0.15) is 5.82 Å². The molecule has 6 nitrogen and oxygen atoms in total. The zero-order chi connectivity index (χ0) is 21.2. The van der Waals surface area contributed by atoms with E-state index in [1.807, 2.05) is 13.8 Å². The number of carbonyl (C=O) groups excluding carboxylic acids is 2. The first-order valence-electron chi connectivity index (χ1n) is 9.31. The highest BCUT2D eigenvalue weighted by molar-refractivity contribution is 5.98. The van der Waals surface area contributed by atoms with E-state index in [0.29, 0.717) is 36.0 Å². The van der Waals surface area contributed by atoms with Gasteiger partial charge in [0.25, 0.3) is 0 Å². The molecule has 29 heavy (non-hydrogen) atoms. The minimum atomic E-state index is -0.345. The maximum absolute atomic E-state index is 12.9. The molecule has 0 unspecified atom stereocenters. The van der Waals surface area contributed by atoms with E-state index < -0.39 is 0 Å². The molecule has 0 fully saturated rings. The minimum Gasteiger partial charge on any atom is -0.490 e. The van der Waals surface area contributed by atoms with Crippen molar-refractivity contribution in [2.75, 3.05) is 32.1 Å². The Kier molecular flexibility index (Phi) is 8.21. The summed E-state index contributed by atoms with van der Waals surface area (Å²) < 4.78 is 23.9. The molecule has 0 radical (unpaired) electrons. The van der Waals surface area contributed by atoms with Crippen molar-refractivity contribution in [2.24, 2.45) is 0 Å². The predicted octanol–water partition coefficient (Wildman–Crippen LogP) is 3.73. The van der Waals surface area contributed by atoms with Crippen LogP contribution < -0.4 is 14.8 Å². The Hall–Kier alpha value is -3.35. The average molecular weight is 400 g/mol. The second-order valence-electron chi connectivity index (χ2n) is 6.15. The lowest BCUT2D eigenvalue weighted by Gasteiger charge is -2.16. The molecule has 154 valence electrons. The molecular formula is C22H25FN2O4. The van der Waals surface area contributed by atoms with Gasteiger partial charge in [0.05, 0.1) is 19.8 Å². The molecule has 0 spiro atoms. The Labute approximate surface area is 169 Å². The van der Waals surface area contributed by atoms with Gasteiger partial charge in [-0.1, -0.05) is 12.1 Å². The number of benzene rings is 2. The van der Waals surface area contributed by atoms with Crippen molar-refractivity contribution in [3.8, 4) is 11.5 Å². The standard InChI is InChI=1S/C22H25FN2O4/c1-4-28-19-12-11-18(14-20(19)29-5-2)24-21(26)15-25(3)22(27)13-8-16-6-9-17(23)10-7-16/h6-14H,4-5,15H2,1-3H3,(H,24,26). The Morgan fingerprint density at radius 3 is 2.34 bits per heavy atom. The van der Waals surface area contributed by atoms with Crippen molar-refractivity contribution in [1.82, 2.24) is 4.90 Å². The molecule has 0 aliphatic heterocycles. The SMILES string of the molecule is CCOc1ccc(NC(=O)CN(C)C(=O)C=Cc2ccc(F)cc2)cc1OCC. The lowest BCUT2D eigenvalue weighted by Crippen LogP contribution is -2.33. The summed E-state index contributed by atoms with van der Waals surface area (Å²) in [5, 5.41) is 2.74. The third-order valence-corrected chi connectivity index (χ3v) is 3.87. The second-order valence-corrected chi connectivity index (χ2v) is 6.15. The zero-order valence-electron chi connectivity index (χ0n) is 16.8. The third-order valence-electron chi connectivity index (χ3n) is 3.87. The number of nitrogens with zero attached hydrogens (tertiary/aromatic N) is 1. The number of rotatable bonds is 9. The number of carbonyl (C=O) groups is 2. The van der Waals surface area contributed by atoms with Crippen LogP contribution >= 0.6 is 0 Å². The molecule has 2 rings (SSSR count). The van der Waals surface area contributed by atoms with Crippen LogP contribution in [0.15, 0.2) is 48.5 Å². The largest absolute Gasteiger partial charge is 0.490 e. The molecule has 0 aliphatic rings. The summed E-state index contributed by atoms with van der Waals surface area (Å²) in [5.41, 5.74) is 1.24. The number of ether oxygens (including phenoxy) is 2. The van der Waals surface area contributed by atoms with Crippen LogP contribution in [-0.4, -0.2) is 43.5 Å². The maximum Gasteiger partial charge on any atom is 0.246 e. The van der Waals surface area contributed by atoms with Crippen LogP contribution in [0.25, 0.3) is 6.08 Å². The summed E-state index contributed by atoms with van der Waals surface area (Å²) in [6.07, 6.45) is 2.90. The van der Waals surface area contributed by atoms with Crippen LogP contribution in [0.2, 0.25) is 0 Å². The molecular weight excluding hydrogens is 375 g/mol. The van der Waals surface area contributed by atoms with Crippen LogP contribution in [0, 0.1) is 5.82 Å². The van der Waals surface area contributed by atoms with E-state index in [4.69, 9.17) is 9.47 Å². The summed E-state index contributed by atoms with van der Waals surface area (Å²) >= 11 is 0. The van der Waals surface area contributed by atoms with Crippen molar-refractivity contribution < 1.29 is 23.5 Å². The maximum atomic E-state index is 12.9. The molecule has 0 saturated carbocycles. The number of anilines is 1. The van der Waals surface area contributed by atoms with Crippen LogP contribution in [0.1, 0.15) is 19.4 Å². The van der Waals surface area contributed by atoms with E-state index in [9.17, 15) is 14.0 Å². The van der Waals surface area contributed by atoms with Crippen LogP contribution in [0.5, 0.6) is 11.5 Å². The summed E-state index contributed by atoms with van der Waals surface area (Å²) in [7, 11) is 1.53. The lowest BCUT2D eigenvalue weighted by molar-refractivity contribution is -0.129. The molecule has 1 N–H and O–H groups in total. The fourth-order valence-electron chi connectivity index (χ4n) is 2.49.